The van der Waals surface area contributed by atoms with Crippen molar-refractivity contribution in [1.82, 2.24) is 10.6 Å². The fourth-order valence-corrected chi connectivity index (χ4v) is 3.68. The number of hydrogen-bond donors (Lipinski definition) is 3. The summed E-state index contributed by atoms with van der Waals surface area (Å²) in [6.07, 6.45) is -7.91. The Balaban J connectivity index is 2.41. The van der Waals surface area contributed by atoms with E-state index >= 15 is 0 Å². The lowest BCUT2D eigenvalue weighted by Gasteiger charge is -2.29. The highest BCUT2D eigenvalue weighted by molar-refractivity contribution is 6.32. The Morgan fingerprint density at radius 1 is 0.902 bits per heavy atom. The number of hydrogen-bond acceptors (Lipinski definition) is 7. The summed E-state index contributed by atoms with van der Waals surface area (Å²) in [7, 11) is 0. The maximum atomic E-state index is 13.3. The quantitative estimate of drug-likeness (QED) is 0.336. The number of amides is 2. The van der Waals surface area contributed by atoms with Crippen LogP contribution in [0.4, 0.5) is 18.0 Å². The van der Waals surface area contributed by atoms with Crippen molar-refractivity contribution in [3.63, 3.8) is 0 Å². The van der Waals surface area contributed by atoms with Gasteiger partial charge in [0, 0.05) is 0 Å². The molecule has 0 saturated heterocycles. The summed E-state index contributed by atoms with van der Waals surface area (Å²) in [5.41, 5.74) is -1.41. The monoisotopic (exact) mass is 602 g/mol. The molecule has 0 spiro atoms. The lowest BCUT2D eigenvalue weighted by molar-refractivity contribution is -0.274. The molecule has 41 heavy (non-hydrogen) atoms. The van der Waals surface area contributed by atoms with Gasteiger partial charge in [-0.15, -0.1) is 13.2 Å². The maximum Gasteiger partial charge on any atom is 0.573 e. The van der Waals surface area contributed by atoms with Crippen molar-refractivity contribution in [3.8, 4) is 5.75 Å². The smallest absolute Gasteiger partial charge is 0.458 e. The molecule has 3 N–H and O–H groups in total. The van der Waals surface area contributed by atoms with Crippen molar-refractivity contribution in [2.24, 2.45) is 0 Å². The van der Waals surface area contributed by atoms with Gasteiger partial charge in [0.05, 0.1) is 11.1 Å². The van der Waals surface area contributed by atoms with Crippen molar-refractivity contribution >= 4 is 29.6 Å². The fourth-order valence-electron chi connectivity index (χ4n) is 3.52. The summed E-state index contributed by atoms with van der Waals surface area (Å²) >= 11 is 5.84. The molecule has 0 bridgehead atoms. The zero-order valence-corrected chi connectivity index (χ0v) is 24.2. The van der Waals surface area contributed by atoms with Crippen LogP contribution in [0, 0.1) is 0 Å². The van der Waals surface area contributed by atoms with Gasteiger partial charge < -0.3 is 30.0 Å². The van der Waals surface area contributed by atoms with Crippen LogP contribution in [0.1, 0.15) is 58.7 Å². The number of aliphatic hydroxyl groups is 1. The standard InChI is InChI=1S/C28H34ClF3N2O7/c1-26(2,3)40-24(37)21(17-12-13-18(29)20(15-17)39-28(30,31)32)34-23(36)22(35)19(14-16-10-8-7-9-11-16)33-25(38)41-27(4,5)6/h7-13,15,19,21-22,35H,14H2,1-6H3,(H,33,38)(H,34,36)/t19-,21-,22+/m1/s1. The van der Waals surface area contributed by atoms with E-state index in [0.29, 0.717) is 5.56 Å². The fraction of sp³-hybridized carbons (Fsp3) is 0.464. The van der Waals surface area contributed by atoms with Gasteiger partial charge in [-0.3, -0.25) is 4.79 Å². The first kappa shape index (κ1) is 33.7. The van der Waals surface area contributed by atoms with E-state index in [2.05, 4.69) is 15.4 Å². The van der Waals surface area contributed by atoms with E-state index in [4.69, 9.17) is 21.1 Å². The minimum absolute atomic E-state index is 0.00368. The topological polar surface area (TPSA) is 123 Å². The molecular formula is C28H34ClF3N2O7. The van der Waals surface area contributed by atoms with Gasteiger partial charge >= 0.3 is 18.4 Å². The zero-order valence-electron chi connectivity index (χ0n) is 23.5. The molecule has 226 valence electrons. The Kier molecular flexibility index (Phi) is 11.0. The Bertz CT molecular complexity index is 1210. The molecule has 2 aromatic carbocycles. The maximum absolute atomic E-state index is 13.3. The second kappa shape index (κ2) is 13.4. The summed E-state index contributed by atoms with van der Waals surface area (Å²) in [5, 5.41) is 15.4. The van der Waals surface area contributed by atoms with Gasteiger partial charge in [0.2, 0.25) is 0 Å². The number of alkyl halides is 3. The summed E-state index contributed by atoms with van der Waals surface area (Å²) in [5.74, 6) is -2.96. The number of halogens is 4. The third-order valence-electron chi connectivity index (χ3n) is 5.09. The number of rotatable bonds is 9. The molecule has 0 aromatic heterocycles. The molecule has 0 saturated carbocycles. The van der Waals surface area contributed by atoms with E-state index in [9.17, 15) is 32.7 Å². The number of nitrogens with one attached hydrogen (secondary N) is 2. The van der Waals surface area contributed by atoms with Crippen LogP contribution in [0.3, 0.4) is 0 Å². The molecule has 0 fully saturated rings. The molecule has 2 aromatic rings. The van der Waals surface area contributed by atoms with Crippen LogP contribution < -0.4 is 15.4 Å². The highest BCUT2D eigenvalue weighted by Crippen LogP contribution is 2.33. The van der Waals surface area contributed by atoms with E-state index in [0.717, 1.165) is 12.1 Å². The zero-order chi connectivity index (χ0) is 31.2. The Morgan fingerprint density at radius 3 is 2.02 bits per heavy atom. The number of alkyl carbamates (subject to hydrolysis) is 1. The van der Waals surface area contributed by atoms with Crippen LogP contribution in [-0.4, -0.2) is 52.8 Å². The Morgan fingerprint density at radius 2 is 1.49 bits per heavy atom. The van der Waals surface area contributed by atoms with Crippen LogP contribution in [0.5, 0.6) is 5.75 Å². The van der Waals surface area contributed by atoms with Crippen LogP contribution in [0.25, 0.3) is 0 Å². The molecule has 0 heterocycles. The average Bonchev–Trinajstić information content (AvgIpc) is 2.80. The number of carbonyl (C=O) groups is 3. The lowest BCUT2D eigenvalue weighted by Crippen LogP contribution is -2.53. The van der Waals surface area contributed by atoms with Crippen LogP contribution in [0.15, 0.2) is 48.5 Å². The number of aliphatic hydroxyl groups excluding tert-OH is 1. The first-order chi connectivity index (χ1) is 18.7. The van der Waals surface area contributed by atoms with Crippen molar-refractivity contribution in [3.05, 3.63) is 64.7 Å². The van der Waals surface area contributed by atoms with Crippen molar-refractivity contribution < 1.29 is 46.9 Å². The first-order valence-corrected chi connectivity index (χ1v) is 12.9. The van der Waals surface area contributed by atoms with Gasteiger partial charge in [-0.25, -0.2) is 9.59 Å². The predicted molar refractivity (Wildman–Crippen MR) is 144 cm³/mol. The molecule has 3 atom stereocenters. The minimum Gasteiger partial charge on any atom is -0.458 e. The molecule has 13 heteroatoms. The second-order valence-corrected chi connectivity index (χ2v) is 11.5. The van der Waals surface area contributed by atoms with E-state index < -0.39 is 64.5 Å². The van der Waals surface area contributed by atoms with Crippen LogP contribution in [-0.2, 0) is 25.5 Å². The number of benzene rings is 2. The molecule has 0 unspecified atom stereocenters. The predicted octanol–water partition coefficient (Wildman–Crippen LogP) is 5.23. The lowest BCUT2D eigenvalue weighted by atomic mass is 9.99. The minimum atomic E-state index is -5.08. The van der Waals surface area contributed by atoms with Gasteiger partial charge in [0.15, 0.2) is 12.1 Å². The van der Waals surface area contributed by atoms with Crippen LogP contribution >= 0.6 is 11.6 Å². The molecule has 9 nitrogen and oxygen atoms in total. The Hall–Kier alpha value is -3.51. The van der Waals surface area contributed by atoms with Gasteiger partial charge in [0.25, 0.3) is 5.91 Å². The van der Waals surface area contributed by atoms with Gasteiger partial charge in [-0.2, -0.15) is 0 Å². The number of ether oxygens (including phenoxy) is 3. The van der Waals surface area contributed by atoms with E-state index in [-0.39, 0.29) is 12.0 Å². The SMILES string of the molecule is CC(C)(C)OC(=O)N[C@H](Cc1ccccc1)[C@H](O)C(=O)N[C@@H](C(=O)OC(C)(C)C)c1ccc(Cl)c(OC(F)(F)F)c1. The third-order valence-corrected chi connectivity index (χ3v) is 5.41. The van der Waals surface area contributed by atoms with Crippen LogP contribution in [0.2, 0.25) is 5.02 Å². The number of esters is 1. The molecule has 0 radical (unpaired) electrons. The van der Waals surface area contributed by atoms with E-state index in [1.165, 1.54) is 6.07 Å². The first-order valence-electron chi connectivity index (χ1n) is 12.5. The second-order valence-electron chi connectivity index (χ2n) is 11.1. The van der Waals surface area contributed by atoms with Crippen molar-refractivity contribution in [2.75, 3.05) is 0 Å². The van der Waals surface area contributed by atoms with Gasteiger partial charge in [0.1, 0.15) is 17.0 Å². The van der Waals surface area contributed by atoms with Crippen molar-refractivity contribution in [2.45, 2.75) is 83.7 Å². The summed E-state index contributed by atoms with van der Waals surface area (Å²) in [6.45, 7) is 9.57. The van der Waals surface area contributed by atoms with E-state index in [1.54, 1.807) is 71.9 Å². The van der Waals surface area contributed by atoms with Crippen molar-refractivity contribution in [1.29, 1.82) is 0 Å². The normalized spacial score (nSPS) is 14.3. The summed E-state index contributed by atoms with van der Waals surface area (Å²) in [4.78, 5) is 38.9. The average molecular weight is 603 g/mol. The molecule has 0 aliphatic carbocycles. The third kappa shape index (κ3) is 11.9. The number of carbonyl (C=O) groups excluding carboxylic acids is 3. The molecular weight excluding hydrogens is 569 g/mol. The summed E-state index contributed by atoms with van der Waals surface area (Å²) < 4.78 is 53.3. The molecule has 0 aliphatic heterocycles. The summed E-state index contributed by atoms with van der Waals surface area (Å²) in [6, 6.07) is 8.84. The highest BCUT2D eigenvalue weighted by atomic mass is 35.5. The molecule has 2 rings (SSSR count). The molecule has 2 amide bonds. The van der Waals surface area contributed by atoms with Gasteiger partial charge in [-0.1, -0.05) is 48.0 Å². The Labute approximate surface area is 241 Å². The molecule has 0 aliphatic rings. The highest BCUT2D eigenvalue weighted by Gasteiger charge is 2.36. The van der Waals surface area contributed by atoms with Gasteiger partial charge in [-0.05, 0) is 71.2 Å². The largest absolute Gasteiger partial charge is 0.573 e. The van der Waals surface area contributed by atoms with E-state index in [1.807, 2.05) is 0 Å².